The first-order valence-electron chi connectivity index (χ1n) is 4.98. The molecule has 0 aromatic heterocycles. The highest BCUT2D eigenvalue weighted by Crippen LogP contribution is 2.19. The monoisotopic (exact) mass is 170 g/mol. The van der Waals surface area contributed by atoms with Gasteiger partial charge < -0.3 is 4.74 Å². The average Bonchev–Trinajstić information content (AvgIpc) is 2.63. The van der Waals surface area contributed by atoms with Gasteiger partial charge in [-0.1, -0.05) is 0 Å². The minimum Gasteiger partial charge on any atom is -0.374 e. The molecule has 12 heavy (non-hydrogen) atoms. The minimum absolute atomic E-state index is 0.477. The van der Waals surface area contributed by atoms with Gasteiger partial charge in [-0.25, -0.2) is 5.01 Å². The molecule has 0 radical (unpaired) electrons. The van der Waals surface area contributed by atoms with Crippen LogP contribution in [0.25, 0.3) is 0 Å². The molecule has 2 rings (SSSR count). The van der Waals surface area contributed by atoms with Crippen LogP contribution in [0.2, 0.25) is 0 Å². The van der Waals surface area contributed by atoms with Crippen molar-refractivity contribution in [3.8, 4) is 0 Å². The van der Waals surface area contributed by atoms with Crippen LogP contribution in [0.1, 0.15) is 26.2 Å². The van der Waals surface area contributed by atoms with Gasteiger partial charge in [0.2, 0.25) is 0 Å². The van der Waals surface area contributed by atoms with Crippen LogP contribution in [0, 0.1) is 0 Å². The summed E-state index contributed by atoms with van der Waals surface area (Å²) in [5.74, 6) is 0. The molecule has 0 aliphatic carbocycles. The first kappa shape index (κ1) is 8.48. The topological polar surface area (TPSA) is 24.5 Å². The zero-order chi connectivity index (χ0) is 8.39. The van der Waals surface area contributed by atoms with Gasteiger partial charge in [-0.15, -0.1) is 0 Å². The zero-order valence-corrected chi connectivity index (χ0v) is 7.75. The van der Waals surface area contributed by atoms with Crippen molar-refractivity contribution in [2.24, 2.45) is 0 Å². The normalized spacial score (nSPS) is 37.8. The van der Waals surface area contributed by atoms with Crippen LogP contribution in [0.5, 0.6) is 0 Å². The lowest BCUT2D eigenvalue weighted by atomic mass is 10.2. The second-order valence-corrected chi connectivity index (χ2v) is 3.85. The lowest BCUT2D eigenvalue weighted by Crippen LogP contribution is -2.37. The molecule has 2 aliphatic heterocycles. The predicted octanol–water partition coefficient (Wildman–Crippen LogP) is 0.764. The number of rotatable bonds is 2. The first-order valence-corrected chi connectivity index (χ1v) is 4.98. The largest absolute Gasteiger partial charge is 0.374 e. The number of nitrogens with zero attached hydrogens (tertiary/aromatic N) is 1. The Bertz CT molecular complexity index is 145. The summed E-state index contributed by atoms with van der Waals surface area (Å²) in [4.78, 5) is 0. The van der Waals surface area contributed by atoms with E-state index in [1.807, 2.05) is 0 Å². The van der Waals surface area contributed by atoms with E-state index in [0.717, 1.165) is 13.1 Å². The van der Waals surface area contributed by atoms with E-state index in [1.165, 1.54) is 25.8 Å². The van der Waals surface area contributed by atoms with E-state index in [1.54, 1.807) is 0 Å². The van der Waals surface area contributed by atoms with Crippen LogP contribution in [0.3, 0.4) is 0 Å². The molecule has 3 heteroatoms. The van der Waals surface area contributed by atoms with Crippen molar-refractivity contribution in [3.05, 3.63) is 0 Å². The van der Waals surface area contributed by atoms with Crippen molar-refractivity contribution in [1.29, 1.82) is 0 Å². The predicted molar refractivity (Wildman–Crippen MR) is 47.8 cm³/mol. The smallest absolute Gasteiger partial charge is 0.0720 e. The molecule has 2 saturated heterocycles. The minimum atomic E-state index is 0.477. The fourth-order valence-electron chi connectivity index (χ4n) is 2.01. The maximum Gasteiger partial charge on any atom is 0.0720 e. The molecule has 2 fully saturated rings. The molecule has 2 unspecified atom stereocenters. The zero-order valence-electron chi connectivity index (χ0n) is 7.75. The fraction of sp³-hybridized carbons (Fsp3) is 1.00. The number of nitrogens with one attached hydrogen (secondary N) is 1. The molecule has 0 amide bonds. The molecule has 0 aromatic rings. The van der Waals surface area contributed by atoms with Gasteiger partial charge in [0.05, 0.1) is 12.2 Å². The average molecular weight is 170 g/mol. The molecule has 2 heterocycles. The van der Waals surface area contributed by atoms with Crippen LogP contribution in [-0.4, -0.2) is 36.9 Å². The second kappa shape index (κ2) is 3.73. The standard InChI is InChI=1S/C9H18N2O/c1-8-3-4-9(12-8)7-11-6-2-5-10-11/h8-10H,2-7H2,1H3. The van der Waals surface area contributed by atoms with Crippen LogP contribution in [0.4, 0.5) is 0 Å². The van der Waals surface area contributed by atoms with Gasteiger partial charge in [0.1, 0.15) is 0 Å². The lowest BCUT2D eigenvalue weighted by molar-refractivity contribution is 0.0273. The number of ether oxygens (including phenoxy) is 1. The van der Waals surface area contributed by atoms with Gasteiger partial charge in [-0.3, -0.25) is 5.43 Å². The highest BCUT2D eigenvalue weighted by Gasteiger charge is 2.24. The molecular formula is C9H18N2O. The van der Waals surface area contributed by atoms with Gasteiger partial charge in [0.15, 0.2) is 0 Å². The fourth-order valence-corrected chi connectivity index (χ4v) is 2.01. The van der Waals surface area contributed by atoms with Gasteiger partial charge >= 0.3 is 0 Å². The number of hydrogen-bond acceptors (Lipinski definition) is 3. The van der Waals surface area contributed by atoms with E-state index in [4.69, 9.17) is 4.74 Å². The summed E-state index contributed by atoms with van der Waals surface area (Å²) in [5, 5.41) is 2.29. The van der Waals surface area contributed by atoms with E-state index in [2.05, 4.69) is 17.4 Å². The maximum absolute atomic E-state index is 5.74. The van der Waals surface area contributed by atoms with Crippen molar-refractivity contribution in [2.45, 2.75) is 38.4 Å². The third-order valence-corrected chi connectivity index (χ3v) is 2.68. The molecule has 0 aromatic carbocycles. The van der Waals surface area contributed by atoms with Crippen molar-refractivity contribution >= 4 is 0 Å². The summed E-state index contributed by atoms with van der Waals surface area (Å²) in [7, 11) is 0. The molecule has 2 atom stereocenters. The summed E-state index contributed by atoms with van der Waals surface area (Å²) in [6.45, 7) is 5.57. The Morgan fingerprint density at radius 3 is 3.00 bits per heavy atom. The highest BCUT2D eigenvalue weighted by atomic mass is 16.5. The van der Waals surface area contributed by atoms with Gasteiger partial charge in [-0.05, 0) is 26.2 Å². The van der Waals surface area contributed by atoms with E-state index in [0.29, 0.717) is 12.2 Å². The molecule has 2 aliphatic rings. The quantitative estimate of drug-likeness (QED) is 0.662. The van der Waals surface area contributed by atoms with Crippen molar-refractivity contribution in [2.75, 3.05) is 19.6 Å². The summed E-state index contributed by atoms with van der Waals surface area (Å²) in [6.07, 6.45) is 4.71. The van der Waals surface area contributed by atoms with Crippen LogP contribution in [-0.2, 0) is 4.74 Å². The summed E-state index contributed by atoms with van der Waals surface area (Å²) < 4.78 is 5.74. The van der Waals surface area contributed by atoms with Crippen LogP contribution >= 0.6 is 0 Å². The van der Waals surface area contributed by atoms with Gasteiger partial charge in [0, 0.05) is 19.6 Å². The van der Waals surface area contributed by atoms with Crippen molar-refractivity contribution in [1.82, 2.24) is 10.4 Å². The molecule has 0 spiro atoms. The van der Waals surface area contributed by atoms with Gasteiger partial charge in [-0.2, -0.15) is 0 Å². The Hall–Kier alpha value is -0.120. The van der Waals surface area contributed by atoms with E-state index < -0.39 is 0 Å². The Morgan fingerprint density at radius 1 is 1.50 bits per heavy atom. The molecule has 3 nitrogen and oxygen atoms in total. The highest BCUT2D eigenvalue weighted by molar-refractivity contribution is 4.74. The van der Waals surface area contributed by atoms with E-state index >= 15 is 0 Å². The molecule has 0 saturated carbocycles. The Kier molecular flexibility index (Phi) is 2.63. The molecule has 1 N–H and O–H groups in total. The second-order valence-electron chi connectivity index (χ2n) is 3.85. The van der Waals surface area contributed by atoms with Crippen LogP contribution in [0.15, 0.2) is 0 Å². The first-order chi connectivity index (χ1) is 5.84. The number of hydrazine groups is 1. The van der Waals surface area contributed by atoms with E-state index in [-0.39, 0.29) is 0 Å². The van der Waals surface area contributed by atoms with E-state index in [9.17, 15) is 0 Å². The third-order valence-electron chi connectivity index (χ3n) is 2.68. The maximum atomic E-state index is 5.74. The van der Waals surface area contributed by atoms with Crippen molar-refractivity contribution < 1.29 is 4.74 Å². The third kappa shape index (κ3) is 1.97. The van der Waals surface area contributed by atoms with Crippen molar-refractivity contribution in [3.63, 3.8) is 0 Å². The Labute approximate surface area is 74.0 Å². The SMILES string of the molecule is CC1CCC(CN2CCCN2)O1. The Balaban J connectivity index is 1.72. The Morgan fingerprint density at radius 2 is 2.42 bits per heavy atom. The van der Waals surface area contributed by atoms with Gasteiger partial charge in [0.25, 0.3) is 0 Å². The summed E-state index contributed by atoms with van der Waals surface area (Å²) in [6, 6.07) is 0. The van der Waals surface area contributed by atoms with Crippen LogP contribution < -0.4 is 5.43 Å². The molecule has 0 bridgehead atoms. The molecular weight excluding hydrogens is 152 g/mol. The lowest BCUT2D eigenvalue weighted by Gasteiger charge is -2.19. The summed E-state index contributed by atoms with van der Waals surface area (Å²) >= 11 is 0. The summed E-state index contributed by atoms with van der Waals surface area (Å²) in [5.41, 5.74) is 3.35. The number of hydrogen-bond donors (Lipinski definition) is 1. The molecule has 70 valence electrons.